The van der Waals surface area contributed by atoms with Crippen molar-refractivity contribution in [3.05, 3.63) is 40.9 Å². The van der Waals surface area contributed by atoms with E-state index in [9.17, 15) is 18.0 Å². The maximum absolute atomic E-state index is 12.5. The van der Waals surface area contributed by atoms with Crippen LogP contribution < -0.4 is 0 Å². The number of aromatic nitrogens is 1. The van der Waals surface area contributed by atoms with E-state index in [1.54, 1.807) is 19.2 Å². The van der Waals surface area contributed by atoms with Crippen LogP contribution >= 0.6 is 11.3 Å². The third-order valence-electron chi connectivity index (χ3n) is 2.74. The minimum atomic E-state index is -4.35. The molecule has 0 aliphatic carbocycles. The zero-order chi connectivity index (χ0) is 14.9. The van der Waals surface area contributed by atoms with Crippen molar-refractivity contribution < 1.29 is 18.0 Å². The number of benzene rings is 1. The first-order valence-corrected chi connectivity index (χ1v) is 6.84. The van der Waals surface area contributed by atoms with E-state index in [1.807, 2.05) is 0 Å². The number of thiazole rings is 1. The first-order valence-electron chi connectivity index (χ1n) is 5.96. The highest BCUT2D eigenvalue weighted by molar-refractivity contribution is 7.13. The van der Waals surface area contributed by atoms with E-state index >= 15 is 0 Å². The van der Waals surface area contributed by atoms with Crippen molar-refractivity contribution in [3.63, 3.8) is 0 Å². The Bertz CT molecular complexity index is 614. The van der Waals surface area contributed by atoms with Crippen LogP contribution in [0.2, 0.25) is 0 Å². The number of rotatable bonds is 3. The third-order valence-corrected chi connectivity index (χ3v) is 3.63. The van der Waals surface area contributed by atoms with E-state index in [-0.39, 0.29) is 11.7 Å². The molecule has 6 heteroatoms. The van der Waals surface area contributed by atoms with Gasteiger partial charge in [0.05, 0.1) is 5.56 Å². The predicted octanol–water partition coefficient (Wildman–Crippen LogP) is 4.67. The lowest BCUT2D eigenvalue weighted by atomic mass is 10.1. The normalized spacial score (nSPS) is 11.9. The van der Waals surface area contributed by atoms with Crippen molar-refractivity contribution in [2.24, 2.45) is 5.92 Å². The maximum atomic E-state index is 12.5. The standard InChI is InChI=1S/C14H12F3NOS/c1-8(2)12(19)11-7-20-13(18-11)9-3-5-10(6-4-9)14(15,16)17/h3-8H,1-2H3. The van der Waals surface area contributed by atoms with Gasteiger partial charge in [-0.3, -0.25) is 4.79 Å². The fourth-order valence-corrected chi connectivity index (χ4v) is 2.43. The van der Waals surface area contributed by atoms with Gasteiger partial charge < -0.3 is 0 Å². The summed E-state index contributed by atoms with van der Waals surface area (Å²) in [4.78, 5) is 16.0. The van der Waals surface area contributed by atoms with Gasteiger partial charge in [0.1, 0.15) is 10.7 Å². The lowest BCUT2D eigenvalue weighted by Gasteiger charge is -2.06. The van der Waals surface area contributed by atoms with Crippen LogP contribution in [0.3, 0.4) is 0 Å². The second kappa shape index (κ2) is 5.36. The SMILES string of the molecule is CC(C)C(=O)c1csc(-c2ccc(C(F)(F)F)cc2)n1. The van der Waals surface area contributed by atoms with Gasteiger partial charge in [0.15, 0.2) is 5.78 Å². The summed E-state index contributed by atoms with van der Waals surface area (Å²) in [5.74, 6) is -0.225. The molecule has 1 aromatic carbocycles. The number of alkyl halides is 3. The molecule has 0 amide bonds. The lowest BCUT2D eigenvalue weighted by molar-refractivity contribution is -0.137. The van der Waals surface area contributed by atoms with E-state index in [0.29, 0.717) is 16.3 Å². The van der Waals surface area contributed by atoms with Gasteiger partial charge in [-0.05, 0) is 12.1 Å². The summed E-state index contributed by atoms with van der Waals surface area (Å²) < 4.78 is 37.4. The van der Waals surface area contributed by atoms with Gasteiger partial charge in [0.2, 0.25) is 0 Å². The molecular formula is C14H12F3NOS. The van der Waals surface area contributed by atoms with Crippen LogP contribution in [0.15, 0.2) is 29.6 Å². The maximum Gasteiger partial charge on any atom is 0.416 e. The highest BCUT2D eigenvalue weighted by Gasteiger charge is 2.30. The van der Waals surface area contributed by atoms with Gasteiger partial charge >= 0.3 is 6.18 Å². The van der Waals surface area contributed by atoms with Gasteiger partial charge in [-0.15, -0.1) is 11.3 Å². The summed E-state index contributed by atoms with van der Waals surface area (Å²) in [6.45, 7) is 3.55. The first-order chi connectivity index (χ1) is 9.29. The van der Waals surface area contributed by atoms with Crippen LogP contribution in [0, 0.1) is 5.92 Å². The van der Waals surface area contributed by atoms with Gasteiger partial charge in [-0.2, -0.15) is 13.2 Å². The molecule has 1 heterocycles. The molecule has 1 aromatic heterocycles. The number of hydrogen-bond acceptors (Lipinski definition) is 3. The van der Waals surface area contributed by atoms with E-state index in [0.717, 1.165) is 12.1 Å². The Morgan fingerprint density at radius 2 is 1.80 bits per heavy atom. The molecule has 0 saturated carbocycles. The largest absolute Gasteiger partial charge is 0.416 e. The predicted molar refractivity (Wildman–Crippen MR) is 71.7 cm³/mol. The second-order valence-electron chi connectivity index (χ2n) is 4.63. The average Bonchev–Trinajstić information content (AvgIpc) is 2.86. The molecule has 0 atom stereocenters. The Labute approximate surface area is 118 Å². The number of hydrogen-bond donors (Lipinski definition) is 0. The Morgan fingerprint density at radius 3 is 2.30 bits per heavy atom. The molecule has 2 aromatic rings. The number of halogens is 3. The number of ketones is 1. The van der Waals surface area contributed by atoms with Crippen molar-refractivity contribution in [2.75, 3.05) is 0 Å². The second-order valence-corrected chi connectivity index (χ2v) is 5.49. The average molecular weight is 299 g/mol. The molecule has 0 unspecified atom stereocenters. The molecule has 20 heavy (non-hydrogen) atoms. The number of carbonyl (C=O) groups is 1. The molecule has 106 valence electrons. The highest BCUT2D eigenvalue weighted by atomic mass is 32.1. The van der Waals surface area contributed by atoms with E-state index in [2.05, 4.69) is 4.98 Å². The van der Waals surface area contributed by atoms with Gasteiger partial charge in [0, 0.05) is 16.9 Å². The van der Waals surface area contributed by atoms with Crippen LogP contribution in [0.1, 0.15) is 29.9 Å². The van der Waals surface area contributed by atoms with E-state index in [4.69, 9.17) is 0 Å². The summed E-state index contributed by atoms with van der Waals surface area (Å²) in [6.07, 6.45) is -4.35. The van der Waals surface area contributed by atoms with Crippen molar-refractivity contribution >= 4 is 17.1 Å². The summed E-state index contributed by atoms with van der Waals surface area (Å²) >= 11 is 1.25. The van der Waals surface area contributed by atoms with Crippen LogP contribution in [0.4, 0.5) is 13.2 Å². The highest BCUT2D eigenvalue weighted by Crippen LogP contribution is 2.31. The Hall–Kier alpha value is -1.69. The molecule has 2 nitrogen and oxygen atoms in total. The Morgan fingerprint density at radius 1 is 1.20 bits per heavy atom. The van der Waals surface area contributed by atoms with Crippen molar-refractivity contribution in [1.82, 2.24) is 4.98 Å². The third kappa shape index (κ3) is 3.07. The van der Waals surface area contributed by atoms with Crippen molar-refractivity contribution in [2.45, 2.75) is 20.0 Å². The zero-order valence-electron chi connectivity index (χ0n) is 10.9. The van der Waals surface area contributed by atoms with Gasteiger partial charge in [-0.25, -0.2) is 4.98 Å². The molecule has 0 bridgehead atoms. The topological polar surface area (TPSA) is 30.0 Å². The Balaban J connectivity index is 2.27. The van der Waals surface area contributed by atoms with Crippen LogP contribution in [0.25, 0.3) is 10.6 Å². The van der Waals surface area contributed by atoms with Gasteiger partial charge in [-0.1, -0.05) is 26.0 Å². The molecule has 2 rings (SSSR count). The molecule has 0 saturated heterocycles. The van der Waals surface area contributed by atoms with Gasteiger partial charge in [0.25, 0.3) is 0 Å². The number of Topliss-reactive ketones (excluding diaryl/α,β-unsaturated/α-hetero) is 1. The lowest BCUT2D eigenvalue weighted by Crippen LogP contribution is -2.07. The zero-order valence-corrected chi connectivity index (χ0v) is 11.7. The van der Waals surface area contributed by atoms with Crippen LogP contribution in [-0.4, -0.2) is 10.8 Å². The summed E-state index contributed by atoms with van der Waals surface area (Å²) in [5, 5.41) is 2.18. The molecule has 0 spiro atoms. The number of nitrogens with zero attached hydrogens (tertiary/aromatic N) is 1. The molecule has 0 aliphatic heterocycles. The minimum Gasteiger partial charge on any atom is -0.292 e. The molecular weight excluding hydrogens is 287 g/mol. The minimum absolute atomic E-state index is 0.0700. The summed E-state index contributed by atoms with van der Waals surface area (Å²) in [6, 6.07) is 4.76. The van der Waals surface area contributed by atoms with Crippen LogP contribution in [-0.2, 0) is 6.18 Å². The molecule has 0 radical (unpaired) electrons. The summed E-state index contributed by atoms with van der Waals surface area (Å²) in [7, 11) is 0. The van der Waals surface area contributed by atoms with Crippen LogP contribution in [0.5, 0.6) is 0 Å². The first kappa shape index (κ1) is 14.7. The van der Waals surface area contributed by atoms with Crippen molar-refractivity contribution in [1.29, 1.82) is 0 Å². The monoisotopic (exact) mass is 299 g/mol. The fourth-order valence-electron chi connectivity index (χ4n) is 1.62. The molecule has 0 aliphatic rings. The fraction of sp³-hybridized carbons (Fsp3) is 0.286. The van der Waals surface area contributed by atoms with E-state index < -0.39 is 11.7 Å². The Kier molecular flexibility index (Phi) is 3.94. The number of carbonyl (C=O) groups excluding carboxylic acids is 1. The quantitative estimate of drug-likeness (QED) is 0.771. The molecule has 0 fully saturated rings. The smallest absolute Gasteiger partial charge is 0.292 e. The summed E-state index contributed by atoms with van der Waals surface area (Å²) in [5.41, 5.74) is 0.238. The van der Waals surface area contributed by atoms with Crippen molar-refractivity contribution in [3.8, 4) is 10.6 Å². The van der Waals surface area contributed by atoms with E-state index in [1.165, 1.54) is 23.5 Å². The molecule has 0 N–H and O–H groups in total.